The number of nitrogens with zero attached hydrogens (tertiary/aromatic N) is 1. The second-order valence-corrected chi connectivity index (χ2v) is 5.14. The Morgan fingerprint density at radius 1 is 1.43 bits per heavy atom. The van der Waals surface area contributed by atoms with Crippen molar-refractivity contribution in [2.45, 2.75) is 27.7 Å². The Labute approximate surface area is 84.7 Å². The Hall–Kier alpha value is -1.06. The number of nitrogens with one attached hydrogen (secondary N) is 1. The van der Waals surface area contributed by atoms with Gasteiger partial charge in [-0.25, -0.2) is 4.79 Å². The van der Waals surface area contributed by atoms with Crippen LogP contribution in [0.2, 0.25) is 0 Å². The Bertz CT molecular complexity index is 255. The van der Waals surface area contributed by atoms with Gasteiger partial charge < -0.3 is 4.90 Å². The number of rotatable bonds is 1. The fourth-order valence-corrected chi connectivity index (χ4v) is 1.51. The van der Waals surface area contributed by atoms with Crippen molar-refractivity contribution in [3.63, 3.8) is 0 Å². The molecule has 0 aromatic carbocycles. The predicted octanol–water partition coefficient (Wildman–Crippen LogP) is 1.22. The molecule has 0 spiro atoms. The highest BCUT2D eigenvalue weighted by atomic mass is 16.2. The lowest BCUT2D eigenvalue weighted by Gasteiger charge is -2.34. The molecule has 4 nitrogen and oxygen atoms in total. The number of carbonyl (C=O) groups is 2. The number of imide groups is 1. The molecule has 4 heteroatoms. The van der Waals surface area contributed by atoms with E-state index in [1.165, 1.54) is 0 Å². The minimum atomic E-state index is -0.261. The summed E-state index contributed by atoms with van der Waals surface area (Å²) in [5, 5.41) is 2.35. The van der Waals surface area contributed by atoms with Crippen LogP contribution in [0.3, 0.4) is 0 Å². The number of carbonyl (C=O) groups excluding carboxylic acids is 2. The molecule has 0 bridgehead atoms. The average Bonchev–Trinajstić information content (AvgIpc) is 1.97. The fraction of sp³-hybridized carbons (Fsp3) is 0.800. The Kier molecular flexibility index (Phi) is 2.83. The molecule has 1 fully saturated rings. The Balaban J connectivity index is 2.62. The van der Waals surface area contributed by atoms with Crippen molar-refractivity contribution in [3.05, 3.63) is 0 Å². The van der Waals surface area contributed by atoms with Gasteiger partial charge >= 0.3 is 6.03 Å². The second-order valence-electron chi connectivity index (χ2n) is 5.14. The van der Waals surface area contributed by atoms with Crippen molar-refractivity contribution in [1.82, 2.24) is 10.2 Å². The summed E-state index contributed by atoms with van der Waals surface area (Å²) in [5.74, 6) is -0.268. The summed E-state index contributed by atoms with van der Waals surface area (Å²) >= 11 is 0. The second kappa shape index (κ2) is 3.59. The summed E-state index contributed by atoms with van der Waals surface area (Å²) in [5.41, 5.74) is 0.0669. The van der Waals surface area contributed by atoms with Crippen molar-refractivity contribution < 1.29 is 9.59 Å². The molecule has 14 heavy (non-hydrogen) atoms. The van der Waals surface area contributed by atoms with Crippen molar-refractivity contribution in [2.75, 3.05) is 13.1 Å². The van der Waals surface area contributed by atoms with E-state index in [9.17, 15) is 9.59 Å². The van der Waals surface area contributed by atoms with Gasteiger partial charge in [0.25, 0.3) is 0 Å². The van der Waals surface area contributed by atoms with E-state index in [4.69, 9.17) is 0 Å². The van der Waals surface area contributed by atoms with Gasteiger partial charge in [0.05, 0.1) is 5.92 Å². The number of urea groups is 1. The molecule has 0 saturated carbocycles. The van der Waals surface area contributed by atoms with Crippen LogP contribution in [-0.2, 0) is 4.79 Å². The highest BCUT2D eigenvalue weighted by Crippen LogP contribution is 2.18. The summed E-state index contributed by atoms with van der Waals surface area (Å²) in [4.78, 5) is 24.3. The van der Waals surface area contributed by atoms with Crippen molar-refractivity contribution in [2.24, 2.45) is 11.3 Å². The molecule has 3 amide bonds. The zero-order valence-corrected chi connectivity index (χ0v) is 9.26. The third kappa shape index (κ3) is 2.72. The first-order chi connectivity index (χ1) is 6.29. The molecule has 1 heterocycles. The average molecular weight is 198 g/mol. The lowest BCUT2D eigenvalue weighted by molar-refractivity contribution is -0.125. The molecule has 1 aliphatic rings. The van der Waals surface area contributed by atoms with Gasteiger partial charge in [0.15, 0.2) is 0 Å². The van der Waals surface area contributed by atoms with Crippen LogP contribution < -0.4 is 5.32 Å². The summed E-state index contributed by atoms with van der Waals surface area (Å²) < 4.78 is 0. The van der Waals surface area contributed by atoms with Crippen LogP contribution in [0, 0.1) is 11.3 Å². The van der Waals surface area contributed by atoms with Gasteiger partial charge in [-0.15, -0.1) is 0 Å². The van der Waals surface area contributed by atoms with E-state index in [0.717, 1.165) is 0 Å². The maximum atomic E-state index is 11.4. The fourth-order valence-electron chi connectivity index (χ4n) is 1.51. The van der Waals surface area contributed by atoms with Crippen LogP contribution >= 0.6 is 0 Å². The monoisotopic (exact) mass is 198 g/mol. The normalized spacial score (nSPS) is 23.7. The number of hydrogen-bond acceptors (Lipinski definition) is 2. The summed E-state index contributed by atoms with van der Waals surface area (Å²) in [7, 11) is 0. The van der Waals surface area contributed by atoms with E-state index < -0.39 is 0 Å². The van der Waals surface area contributed by atoms with Crippen molar-refractivity contribution in [1.29, 1.82) is 0 Å². The predicted molar refractivity (Wildman–Crippen MR) is 53.7 cm³/mol. The minimum Gasteiger partial charge on any atom is -0.323 e. The van der Waals surface area contributed by atoms with E-state index in [2.05, 4.69) is 26.1 Å². The molecule has 1 rings (SSSR count). The number of amides is 3. The van der Waals surface area contributed by atoms with Gasteiger partial charge in [-0.3, -0.25) is 10.1 Å². The van der Waals surface area contributed by atoms with Gasteiger partial charge in [0.2, 0.25) is 5.91 Å². The van der Waals surface area contributed by atoms with Gasteiger partial charge in [-0.05, 0) is 5.41 Å². The van der Waals surface area contributed by atoms with Gasteiger partial charge in [0.1, 0.15) is 0 Å². The van der Waals surface area contributed by atoms with Crippen LogP contribution in [0.1, 0.15) is 27.7 Å². The zero-order valence-electron chi connectivity index (χ0n) is 9.26. The Morgan fingerprint density at radius 2 is 2.00 bits per heavy atom. The number of hydrogen-bond donors (Lipinski definition) is 1. The lowest BCUT2D eigenvalue weighted by atomic mass is 9.95. The molecule has 0 aliphatic carbocycles. The van der Waals surface area contributed by atoms with E-state index in [-0.39, 0.29) is 23.3 Å². The third-order valence-corrected chi connectivity index (χ3v) is 2.12. The van der Waals surface area contributed by atoms with Crippen LogP contribution in [-0.4, -0.2) is 29.9 Å². The third-order valence-electron chi connectivity index (χ3n) is 2.12. The first kappa shape index (κ1) is 11.0. The highest BCUT2D eigenvalue weighted by Gasteiger charge is 2.31. The van der Waals surface area contributed by atoms with E-state index in [1.54, 1.807) is 4.90 Å². The molecule has 0 aromatic rings. The van der Waals surface area contributed by atoms with Gasteiger partial charge in [-0.2, -0.15) is 0 Å². The summed E-state index contributed by atoms with van der Waals surface area (Å²) in [6.45, 7) is 9.25. The van der Waals surface area contributed by atoms with Crippen LogP contribution in [0.25, 0.3) is 0 Å². The maximum Gasteiger partial charge on any atom is 0.324 e. The largest absolute Gasteiger partial charge is 0.324 e. The molecular formula is C10H18N2O2. The van der Waals surface area contributed by atoms with Crippen LogP contribution in [0.15, 0.2) is 0 Å². The summed E-state index contributed by atoms with van der Waals surface area (Å²) in [6, 6.07) is -0.261. The molecular weight excluding hydrogens is 180 g/mol. The van der Waals surface area contributed by atoms with E-state index in [1.807, 2.05) is 6.92 Å². The quantitative estimate of drug-likeness (QED) is 0.688. The first-order valence-electron chi connectivity index (χ1n) is 4.89. The topological polar surface area (TPSA) is 49.4 Å². The lowest BCUT2D eigenvalue weighted by Crippen LogP contribution is -2.55. The molecule has 1 saturated heterocycles. The molecule has 80 valence electrons. The van der Waals surface area contributed by atoms with E-state index >= 15 is 0 Å². The summed E-state index contributed by atoms with van der Waals surface area (Å²) in [6.07, 6.45) is 0. The Morgan fingerprint density at radius 3 is 2.50 bits per heavy atom. The minimum absolute atomic E-state index is 0.0669. The molecule has 1 N–H and O–H groups in total. The van der Waals surface area contributed by atoms with Gasteiger partial charge in [-0.1, -0.05) is 27.7 Å². The highest BCUT2D eigenvalue weighted by molar-refractivity contribution is 5.97. The van der Waals surface area contributed by atoms with Crippen molar-refractivity contribution in [3.8, 4) is 0 Å². The smallest absolute Gasteiger partial charge is 0.323 e. The zero-order chi connectivity index (χ0) is 10.9. The molecule has 1 unspecified atom stereocenters. The molecule has 0 aromatic heterocycles. The van der Waals surface area contributed by atoms with Gasteiger partial charge in [0, 0.05) is 13.1 Å². The molecule has 1 aliphatic heterocycles. The maximum absolute atomic E-state index is 11.4. The van der Waals surface area contributed by atoms with Crippen LogP contribution in [0.4, 0.5) is 4.79 Å². The SMILES string of the molecule is CC1CN(CC(C)(C)C)C(=O)NC1=O. The molecule has 0 radical (unpaired) electrons. The van der Waals surface area contributed by atoms with Crippen molar-refractivity contribution >= 4 is 11.9 Å². The molecule has 1 atom stereocenters. The first-order valence-corrected chi connectivity index (χ1v) is 4.89. The standard InChI is InChI=1S/C10H18N2O2/c1-7-5-12(6-10(2,3)4)9(14)11-8(7)13/h7H,5-6H2,1-4H3,(H,11,13,14). The van der Waals surface area contributed by atoms with E-state index in [0.29, 0.717) is 13.1 Å². The van der Waals surface area contributed by atoms with Crippen LogP contribution in [0.5, 0.6) is 0 Å².